The molecule has 0 spiro atoms. The van der Waals surface area contributed by atoms with E-state index in [1.54, 1.807) is 6.20 Å². The summed E-state index contributed by atoms with van der Waals surface area (Å²) in [6.07, 6.45) is 1.62. The molecule has 0 radical (unpaired) electrons. The van der Waals surface area contributed by atoms with Gasteiger partial charge in [0.15, 0.2) is 5.60 Å². The fourth-order valence-electron chi connectivity index (χ4n) is 2.86. The van der Waals surface area contributed by atoms with Crippen LogP contribution in [0, 0.1) is 0 Å². The summed E-state index contributed by atoms with van der Waals surface area (Å²) in [7, 11) is 2.41. The van der Waals surface area contributed by atoms with Gasteiger partial charge in [-0.1, -0.05) is 45.8 Å². The van der Waals surface area contributed by atoms with Gasteiger partial charge in [-0.3, -0.25) is 5.09 Å². The Kier molecular flexibility index (Phi) is 3.42. The normalized spacial score (nSPS) is 14.7. The van der Waals surface area contributed by atoms with Crippen molar-refractivity contribution in [2.24, 2.45) is 0 Å². The maximum Gasteiger partial charge on any atom is 0.236 e. The molecule has 0 saturated carbocycles. The molecule has 3 aromatic rings. The summed E-state index contributed by atoms with van der Waals surface area (Å²) >= 11 is 0. The standard InChI is InChI=1S/C17H15N2O3P/c20-17(16-18-9-11(21-16)10-19-23)12-5-1-3-7-14(12)22-15-8-4-2-6-13(15)17/h1-9,19-20H,10,23H2. The molecule has 1 aliphatic rings. The van der Waals surface area contributed by atoms with Crippen LogP contribution >= 0.6 is 9.39 Å². The highest BCUT2D eigenvalue weighted by atomic mass is 31.0. The van der Waals surface area contributed by atoms with Crippen LogP contribution in [-0.4, -0.2) is 10.1 Å². The molecule has 23 heavy (non-hydrogen) atoms. The third-order valence-corrected chi connectivity index (χ3v) is 4.12. The van der Waals surface area contributed by atoms with E-state index in [9.17, 15) is 5.11 Å². The van der Waals surface area contributed by atoms with Crippen molar-refractivity contribution >= 4 is 9.39 Å². The van der Waals surface area contributed by atoms with Gasteiger partial charge >= 0.3 is 0 Å². The van der Waals surface area contributed by atoms with Crippen LogP contribution in [0.2, 0.25) is 0 Å². The molecule has 6 heteroatoms. The smallest absolute Gasteiger partial charge is 0.236 e. The van der Waals surface area contributed by atoms with Crippen molar-refractivity contribution < 1.29 is 14.3 Å². The Balaban J connectivity index is 1.95. The summed E-state index contributed by atoms with van der Waals surface area (Å²) in [6.45, 7) is 0.507. The van der Waals surface area contributed by atoms with E-state index in [2.05, 4.69) is 19.5 Å². The number of aromatic nitrogens is 1. The van der Waals surface area contributed by atoms with E-state index in [0.29, 0.717) is 34.9 Å². The first kappa shape index (κ1) is 14.4. The third kappa shape index (κ3) is 2.17. The Morgan fingerprint density at radius 1 is 1.04 bits per heavy atom. The minimum absolute atomic E-state index is 0.232. The van der Waals surface area contributed by atoms with E-state index in [1.807, 2.05) is 48.5 Å². The second-order valence-electron chi connectivity index (χ2n) is 5.32. The van der Waals surface area contributed by atoms with Crippen molar-refractivity contribution in [3.05, 3.63) is 77.5 Å². The van der Waals surface area contributed by atoms with Crippen LogP contribution in [0.3, 0.4) is 0 Å². The Hall–Kier alpha value is -2.20. The van der Waals surface area contributed by atoms with Gasteiger partial charge in [-0.25, -0.2) is 4.98 Å². The molecule has 1 aliphatic heterocycles. The number of benzene rings is 2. The number of hydrogen-bond donors (Lipinski definition) is 2. The average molecular weight is 326 g/mol. The van der Waals surface area contributed by atoms with Gasteiger partial charge in [0.2, 0.25) is 5.89 Å². The highest BCUT2D eigenvalue weighted by molar-refractivity contribution is 7.13. The number of fused-ring (bicyclic) bond motifs is 2. The zero-order valence-corrected chi connectivity index (χ0v) is 13.3. The lowest BCUT2D eigenvalue weighted by Gasteiger charge is -2.33. The molecule has 2 N–H and O–H groups in total. The van der Waals surface area contributed by atoms with Crippen molar-refractivity contribution in [3.63, 3.8) is 0 Å². The molecular weight excluding hydrogens is 311 g/mol. The van der Waals surface area contributed by atoms with E-state index < -0.39 is 5.60 Å². The largest absolute Gasteiger partial charge is 0.457 e. The molecule has 0 fully saturated rings. The average Bonchev–Trinajstić information content (AvgIpc) is 3.05. The van der Waals surface area contributed by atoms with Crippen LogP contribution in [0.1, 0.15) is 22.8 Å². The lowest BCUT2D eigenvalue weighted by atomic mass is 9.83. The summed E-state index contributed by atoms with van der Waals surface area (Å²) in [5.41, 5.74) is -0.248. The molecule has 1 aromatic heterocycles. The Morgan fingerprint density at radius 3 is 2.26 bits per heavy atom. The van der Waals surface area contributed by atoms with Gasteiger partial charge in [0, 0.05) is 11.1 Å². The van der Waals surface area contributed by atoms with Crippen molar-refractivity contribution in [2.75, 3.05) is 0 Å². The molecule has 5 nitrogen and oxygen atoms in total. The van der Waals surface area contributed by atoms with E-state index in [1.165, 1.54) is 0 Å². The summed E-state index contributed by atoms with van der Waals surface area (Å²) < 4.78 is 11.7. The molecule has 1 unspecified atom stereocenters. The molecule has 4 rings (SSSR count). The van der Waals surface area contributed by atoms with Crippen LogP contribution < -0.4 is 9.82 Å². The van der Waals surface area contributed by atoms with Crippen LogP contribution in [0.15, 0.2) is 59.1 Å². The van der Waals surface area contributed by atoms with E-state index in [-0.39, 0.29) is 5.89 Å². The minimum Gasteiger partial charge on any atom is -0.457 e. The number of para-hydroxylation sites is 2. The molecule has 1 atom stereocenters. The molecule has 2 heterocycles. The van der Waals surface area contributed by atoms with E-state index >= 15 is 0 Å². The number of nitrogens with zero attached hydrogens (tertiary/aromatic N) is 1. The second kappa shape index (κ2) is 5.46. The van der Waals surface area contributed by atoms with Gasteiger partial charge in [-0.05, 0) is 12.1 Å². The lowest BCUT2D eigenvalue weighted by Crippen LogP contribution is -2.32. The zero-order chi connectivity index (χ0) is 15.9. The molecule has 2 aromatic carbocycles. The van der Waals surface area contributed by atoms with Gasteiger partial charge in [0.1, 0.15) is 17.3 Å². The van der Waals surface area contributed by atoms with E-state index in [4.69, 9.17) is 9.15 Å². The zero-order valence-electron chi connectivity index (χ0n) is 12.2. The Bertz CT molecular complexity index is 817. The van der Waals surface area contributed by atoms with Crippen LogP contribution in [0.5, 0.6) is 11.5 Å². The summed E-state index contributed by atoms with van der Waals surface area (Å²) in [4.78, 5) is 4.31. The second-order valence-corrected chi connectivity index (χ2v) is 5.73. The summed E-state index contributed by atoms with van der Waals surface area (Å²) in [5, 5.41) is 14.5. The number of nitrogens with one attached hydrogen (secondary N) is 1. The van der Waals surface area contributed by atoms with Gasteiger partial charge in [0.05, 0.1) is 12.7 Å². The quantitative estimate of drug-likeness (QED) is 0.724. The van der Waals surface area contributed by atoms with Gasteiger partial charge in [-0.15, -0.1) is 0 Å². The Morgan fingerprint density at radius 2 is 1.65 bits per heavy atom. The van der Waals surface area contributed by atoms with E-state index in [0.717, 1.165) is 0 Å². The first-order valence-corrected chi connectivity index (χ1v) is 7.79. The van der Waals surface area contributed by atoms with Crippen LogP contribution in [0.4, 0.5) is 0 Å². The predicted octanol–water partition coefficient (Wildman–Crippen LogP) is 2.94. The van der Waals surface area contributed by atoms with Gasteiger partial charge in [-0.2, -0.15) is 0 Å². The van der Waals surface area contributed by atoms with Crippen molar-refractivity contribution in [1.82, 2.24) is 10.1 Å². The summed E-state index contributed by atoms with van der Waals surface area (Å²) in [5.74, 6) is 2.07. The van der Waals surface area contributed by atoms with Gasteiger partial charge in [0.25, 0.3) is 0 Å². The third-order valence-electron chi connectivity index (χ3n) is 3.91. The number of hydrogen-bond acceptors (Lipinski definition) is 5. The molecule has 0 saturated heterocycles. The number of rotatable bonds is 3. The minimum atomic E-state index is -1.48. The number of ether oxygens (including phenoxy) is 1. The molecule has 0 aliphatic carbocycles. The molecular formula is C17H15N2O3P. The molecule has 116 valence electrons. The van der Waals surface area contributed by atoms with Crippen LogP contribution in [0.25, 0.3) is 0 Å². The number of oxazole rings is 1. The first-order chi connectivity index (χ1) is 11.2. The van der Waals surface area contributed by atoms with Gasteiger partial charge < -0.3 is 14.3 Å². The van der Waals surface area contributed by atoms with Crippen molar-refractivity contribution in [1.29, 1.82) is 0 Å². The fraction of sp³-hybridized carbons (Fsp3) is 0.118. The fourth-order valence-corrected chi connectivity index (χ4v) is 3.06. The molecule has 0 bridgehead atoms. The SMILES string of the molecule is OC1(c2ncc(CNP)o2)c2ccccc2Oc2ccccc21. The highest BCUT2D eigenvalue weighted by Gasteiger charge is 2.45. The highest BCUT2D eigenvalue weighted by Crippen LogP contribution is 2.49. The van der Waals surface area contributed by atoms with Crippen LogP contribution in [-0.2, 0) is 12.1 Å². The lowest BCUT2D eigenvalue weighted by molar-refractivity contribution is 0.0804. The predicted molar refractivity (Wildman–Crippen MR) is 88.1 cm³/mol. The maximum atomic E-state index is 11.6. The molecule has 0 amide bonds. The topological polar surface area (TPSA) is 67.5 Å². The number of aliphatic hydroxyl groups is 1. The van der Waals surface area contributed by atoms with Crippen molar-refractivity contribution in [3.8, 4) is 11.5 Å². The summed E-state index contributed by atoms with van der Waals surface area (Å²) in [6, 6.07) is 14.7. The monoisotopic (exact) mass is 326 g/mol. The first-order valence-electron chi connectivity index (χ1n) is 7.21. The van der Waals surface area contributed by atoms with Crippen molar-refractivity contribution in [2.45, 2.75) is 12.1 Å². The Labute approximate surface area is 135 Å². The maximum absolute atomic E-state index is 11.6.